The van der Waals surface area contributed by atoms with E-state index in [-0.39, 0.29) is 17.7 Å². The van der Waals surface area contributed by atoms with Crippen LogP contribution in [0.4, 0.5) is 0 Å². The van der Waals surface area contributed by atoms with Crippen LogP contribution in [0.1, 0.15) is 38.9 Å². The summed E-state index contributed by atoms with van der Waals surface area (Å²) in [6.07, 6.45) is 2.67. The summed E-state index contributed by atoms with van der Waals surface area (Å²) in [5.41, 5.74) is 5.23. The zero-order valence-electron chi connectivity index (χ0n) is 16.8. The molecular weight excluding hydrogens is 380 g/mol. The molecule has 2 aromatic heterocycles. The van der Waals surface area contributed by atoms with Gasteiger partial charge in [0.1, 0.15) is 11.5 Å². The zero-order chi connectivity index (χ0) is 20.8. The van der Waals surface area contributed by atoms with Crippen molar-refractivity contribution < 1.29 is 14.6 Å². The standard InChI is InChI=1S/C23H22N4O3/c1-13-20-21(26-25-13)23(29)27(22(20)14-4-3-5-16(28)10-14)9-8-15-12-24-19-7-6-17(30-2)11-18(15)19/h3-7,10-12,22,24,28H,8-9H2,1-2H3,(H,25,26)/t22-/m0/s1. The SMILES string of the molecule is COc1ccc2[nH]cc(CCN3C(=O)c4n[nH]c(C)c4[C@@H]3c3cccc(O)c3)c2c1. The lowest BCUT2D eigenvalue weighted by molar-refractivity contribution is 0.0745. The number of hydrogen-bond acceptors (Lipinski definition) is 4. The molecule has 1 aliphatic rings. The Kier molecular flexibility index (Phi) is 4.24. The van der Waals surface area contributed by atoms with E-state index in [1.807, 2.05) is 42.3 Å². The van der Waals surface area contributed by atoms with Crippen LogP contribution in [0.5, 0.6) is 11.5 Å². The van der Waals surface area contributed by atoms with Crippen molar-refractivity contribution in [1.29, 1.82) is 0 Å². The van der Waals surface area contributed by atoms with Gasteiger partial charge in [0, 0.05) is 34.9 Å². The highest BCUT2D eigenvalue weighted by Crippen LogP contribution is 2.40. The number of aromatic hydroxyl groups is 1. The lowest BCUT2D eigenvalue weighted by Crippen LogP contribution is -2.31. The maximum atomic E-state index is 13.2. The van der Waals surface area contributed by atoms with Crippen LogP contribution in [-0.2, 0) is 6.42 Å². The second-order valence-corrected chi connectivity index (χ2v) is 7.58. The molecule has 1 aliphatic heterocycles. The van der Waals surface area contributed by atoms with E-state index >= 15 is 0 Å². The summed E-state index contributed by atoms with van der Waals surface area (Å²) in [4.78, 5) is 18.3. The van der Waals surface area contributed by atoms with E-state index in [4.69, 9.17) is 4.74 Å². The van der Waals surface area contributed by atoms with E-state index in [0.29, 0.717) is 18.7 Å². The third-order valence-electron chi connectivity index (χ3n) is 5.83. The van der Waals surface area contributed by atoms with Gasteiger partial charge in [0.05, 0.1) is 13.2 Å². The third-order valence-corrected chi connectivity index (χ3v) is 5.83. The van der Waals surface area contributed by atoms with Crippen LogP contribution in [-0.4, -0.2) is 44.7 Å². The second-order valence-electron chi connectivity index (χ2n) is 7.58. The molecule has 0 saturated carbocycles. The number of methoxy groups -OCH3 is 1. The van der Waals surface area contributed by atoms with Gasteiger partial charge in [0.15, 0.2) is 5.69 Å². The van der Waals surface area contributed by atoms with Crippen molar-refractivity contribution in [3.05, 3.63) is 76.7 Å². The van der Waals surface area contributed by atoms with Crippen molar-refractivity contribution in [2.24, 2.45) is 0 Å². The van der Waals surface area contributed by atoms with Crippen LogP contribution in [0.25, 0.3) is 10.9 Å². The summed E-state index contributed by atoms with van der Waals surface area (Å²) in [6, 6.07) is 12.7. The Labute approximate surface area is 173 Å². The number of nitrogens with zero attached hydrogens (tertiary/aromatic N) is 2. The van der Waals surface area contributed by atoms with Gasteiger partial charge in [-0.25, -0.2) is 0 Å². The minimum absolute atomic E-state index is 0.0971. The largest absolute Gasteiger partial charge is 0.508 e. The number of phenols is 1. The highest BCUT2D eigenvalue weighted by Gasteiger charge is 2.41. The molecule has 0 saturated heterocycles. The Hall–Kier alpha value is -3.74. The Morgan fingerprint density at radius 3 is 2.90 bits per heavy atom. The minimum atomic E-state index is -0.280. The normalized spacial score (nSPS) is 15.7. The average Bonchev–Trinajstić information content (AvgIpc) is 3.41. The van der Waals surface area contributed by atoms with E-state index in [9.17, 15) is 9.90 Å². The van der Waals surface area contributed by atoms with Crippen molar-refractivity contribution in [2.75, 3.05) is 13.7 Å². The first-order valence-corrected chi connectivity index (χ1v) is 9.85. The number of aromatic amines is 2. The van der Waals surface area contributed by atoms with E-state index in [2.05, 4.69) is 15.2 Å². The van der Waals surface area contributed by atoms with E-state index in [1.165, 1.54) is 0 Å². The fraction of sp³-hybridized carbons (Fsp3) is 0.217. The Morgan fingerprint density at radius 2 is 2.10 bits per heavy atom. The molecule has 3 N–H and O–H groups in total. The van der Waals surface area contributed by atoms with Crippen LogP contribution < -0.4 is 4.74 Å². The number of fused-ring (bicyclic) bond motifs is 2. The van der Waals surface area contributed by atoms with Gasteiger partial charge in [-0.05, 0) is 54.8 Å². The maximum Gasteiger partial charge on any atom is 0.275 e. The molecule has 0 spiro atoms. The third kappa shape index (κ3) is 2.82. The van der Waals surface area contributed by atoms with Crippen molar-refractivity contribution in [3.63, 3.8) is 0 Å². The van der Waals surface area contributed by atoms with Gasteiger partial charge < -0.3 is 19.7 Å². The van der Waals surface area contributed by atoms with Crippen LogP contribution in [0, 0.1) is 6.92 Å². The second kappa shape index (κ2) is 6.95. The van der Waals surface area contributed by atoms with Gasteiger partial charge in [-0.3, -0.25) is 9.89 Å². The Morgan fingerprint density at radius 1 is 1.23 bits per heavy atom. The molecule has 0 fully saturated rings. The molecule has 152 valence electrons. The molecule has 4 aromatic rings. The predicted octanol–water partition coefficient (Wildman–Crippen LogP) is 3.70. The molecule has 5 rings (SSSR count). The summed E-state index contributed by atoms with van der Waals surface area (Å²) in [5, 5.41) is 18.3. The molecular formula is C23H22N4O3. The molecule has 0 aliphatic carbocycles. The lowest BCUT2D eigenvalue weighted by atomic mass is 9.98. The predicted molar refractivity (Wildman–Crippen MR) is 113 cm³/mol. The maximum absolute atomic E-state index is 13.2. The first kappa shape index (κ1) is 18.3. The van der Waals surface area contributed by atoms with Crippen LogP contribution in [0.2, 0.25) is 0 Å². The molecule has 0 unspecified atom stereocenters. The molecule has 0 radical (unpaired) electrons. The number of hydrogen-bond donors (Lipinski definition) is 3. The average molecular weight is 402 g/mol. The number of carbonyl (C=O) groups excluding carboxylic acids is 1. The number of phenolic OH excluding ortho intramolecular Hbond substituents is 1. The van der Waals surface area contributed by atoms with Crippen LogP contribution >= 0.6 is 0 Å². The molecule has 2 aromatic carbocycles. The number of amides is 1. The Balaban J connectivity index is 1.49. The molecule has 0 bridgehead atoms. The summed E-state index contributed by atoms with van der Waals surface area (Å²) in [5.74, 6) is 0.882. The number of nitrogens with one attached hydrogen (secondary N) is 2. The summed E-state index contributed by atoms with van der Waals surface area (Å²) in [7, 11) is 1.65. The molecule has 30 heavy (non-hydrogen) atoms. The summed E-state index contributed by atoms with van der Waals surface area (Å²) < 4.78 is 5.36. The van der Waals surface area contributed by atoms with Gasteiger partial charge >= 0.3 is 0 Å². The lowest BCUT2D eigenvalue weighted by Gasteiger charge is -2.26. The van der Waals surface area contributed by atoms with Crippen LogP contribution in [0.3, 0.4) is 0 Å². The number of rotatable bonds is 5. The van der Waals surface area contributed by atoms with Gasteiger partial charge in [0.2, 0.25) is 0 Å². The molecule has 7 heteroatoms. The first-order valence-electron chi connectivity index (χ1n) is 9.85. The van der Waals surface area contributed by atoms with Crippen molar-refractivity contribution >= 4 is 16.8 Å². The van der Waals surface area contributed by atoms with Gasteiger partial charge in [0.25, 0.3) is 5.91 Å². The van der Waals surface area contributed by atoms with E-state index in [1.54, 1.807) is 25.3 Å². The van der Waals surface area contributed by atoms with Gasteiger partial charge in [-0.1, -0.05) is 12.1 Å². The zero-order valence-corrected chi connectivity index (χ0v) is 16.8. The number of aromatic nitrogens is 3. The molecule has 3 heterocycles. The number of benzene rings is 2. The highest BCUT2D eigenvalue weighted by molar-refractivity contribution is 5.98. The van der Waals surface area contributed by atoms with Gasteiger partial charge in [-0.2, -0.15) is 5.10 Å². The number of ether oxygens (including phenoxy) is 1. The van der Waals surface area contributed by atoms with Crippen molar-refractivity contribution in [2.45, 2.75) is 19.4 Å². The van der Waals surface area contributed by atoms with Gasteiger partial charge in [-0.15, -0.1) is 0 Å². The fourth-order valence-electron chi connectivity index (χ4n) is 4.35. The molecule has 1 amide bonds. The smallest absolute Gasteiger partial charge is 0.275 e. The van der Waals surface area contributed by atoms with Crippen molar-refractivity contribution in [3.8, 4) is 11.5 Å². The summed E-state index contributed by atoms with van der Waals surface area (Å²) in [6.45, 7) is 2.45. The number of aryl methyl sites for hydroxylation is 1. The topological polar surface area (TPSA) is 94.2 Å². The van der Waals surface area contributed by atoms with Crippen molar-refractivity contribution in [1.82, 2.24) is 20.1 Å². The highest BCUT2D eigenvalue weighted by atomic mass is 16.5. The number of H-pyrrole nitrogens is 2. The first-order chi connectivity index (χ1) is 14.6. The van der Waals surface area contributed by atoms with Crippen LogP contribution in [0.15, 0.2) is 48.7 Å². The fourth-order valence-corrected chi connectivity index (χ4v) is 4.35. The minimum Gasteiger partial charge on any atom is -0.508 e. The monoisotopic (exact) mass is 402 g/mol. The number of carbonyl (C=O) groups is 1. The quantitative estimate of drug-likeness (QED) is 0.474. The molecule has 7 nitrogen and oxygen atoms in total. The summed E-state index contributed by atoms with van der Waals surface area (Å²) >= 11 is 0. The van der Waals surface area contributed by atoms with E-state index in [0.717, 1.165) is 39.0 Å². The Bertz CT molecular complexity index is 1260. The van der Waals surface area contributed by atoms with E-state index < -0.39 is 0 Å². The molecule has 1 atom stereocenters.